The van der Waals surface area contributed by atoms with Crippen molar-refractivity contribution in [2.45, 2.75) is 44.8 Å². The van der Waals surface area contributed by atoms with E-state index in [0.29, 0.717) is 24.2 Å². The van der Waals surface area contributed by atoms with Crippen LogP contribution in [-0.2, 0) is 0 Å². The summed E-state index contributed by atoms with van der Waals surface area (Å²) in [5.74, 6) is 0.782. The fourth-order valence-corrected chi connectivity index (χ4v) is 2.68. The summed E-state index contributed by atoms with van der Waals surface area (Å²) in [5, 5.41) is 14.0. The zero-order valence-corrected chi connectivity index (χ0v) is 12.1. The number of rotatable bonds is 6. The van der Waals surface area contributed by atoms with Gasteiger partial charge in [-0.25, -0.2) is 0 Å². The molecule has 0 aliphatic heterocycles. The summed E-state index contributed by atoms with van der Waals surface area (Å²) in [5.41, 5.74) is 0.989. The minimum atomic E-state index is -0.476. The van der Waals surface area contributed by atoms with Gasteiger partial charge in [-0.15, -0.1) is 0 Å². The predicted octanol–water partition coefficient (Wildman–Crippen LogP) is 2.92. The van der Waals surface area contributed by atoms with Gasteiger partial charge in [0.1, 0.15) is 18.5 Å². The molecule has 1 fully saturated rings. The number of aryl methyl sites for hydroxylation is 1. The molecule has 106 valence electrons. The lowest BCUT2D eigenvalue weighted by Gasteiger charge is -2.17. The Morgan fingerprint density at radius 3 is 2.84 bits per heavy atom. The Hall–Kier alpha value is -0.770. The van der Waals surface area contributed by atoms with Crippen LogP contribution >= 0.6 is 11.6 Å². The Morgan fingerprint density at radius 2 is 2.16 bits per heavy atom. The molecule has 1 aliphatic rings. The Balaban J connectivity index is 1.71. The van der Waals surface area contributed by atoms with Crippen LogP contribution in [0.5, 0.6) is 5.75 Å². The van der Waals surface area contributed by atoms with Crippen LogP contribution in [0, 0.1) is 6.92 Å². The van der Waals surface area contributed by atoms with Crippen LogP contribution in [0.2, 0.25) is 5.02 Å². The van der Waals surface area contributed by atoms with Gasteiger partial charge in [-0.1, -0.05) is 24.4 Å². The Kier molecular flexibility index (Phi) is 5.49. The normalized spacial score (nSPS) is 17.6. The molecule has 0 heterocycles. The number of hydrogen-bond donors (Lipinski definition) is 2. The van der Waals surface area contributed by atoms with Crippen LogP contribution in [0.4, 0.5) is 0 Å². The van der Waals surface area contributed by atoms with Crippen LogP contribution in [0.15, 0.2) is 18.2 Å². The highest BCUT2D eigenvalue weighted by atomic mass is 35.5. The van der Waals surface area contributed by atoms with E-state index in [1.165, 1.54) is 25.7 Å². The minimum Gasteiger partial charge on any atom is -0.491 e. The van der Waals surface area contributed by atoms with Crippen molar-refractivity contribution in [3.8, 4) is 5.75 Å². The molecule has 1 saturated carbocycles. The molecule has 0 saturated heterocycles. The van der Waals surface area contributed by atoms with Gasteiger partial charge < -0.3 is 15.2 Å². The first-order valence-corrected chi connectivity index (χ1v) is 7.33. The minimum absolute atomic E-state index is 0.308. The van der Waals surface area contributed by atoms with E-state index in [1.807, 2.05) is 19.1 Å². The van der Waals surface area contributed by atoms with E-state index in [1.54, 1.807) is 6.07 Å². The van der Waals surface area contributed by atoms with Gasteiger partial charge in [-0.3, -0.25) is 0 Å². The van der Waals surface area contributed by atoms with Crippen molar-refractivity contribution >= 4 is 11.6 Å². The monoisotopic (exact) mass is 283 g/mol. The topological polar surface area (TPSA) is 41.5 Å². The molecular formula is C15H22ClNO2. The molecule has 2 rings (SSSR count). The second kappa shape index (κ2) is 7.13. The van der Waals surface area contributed by atoms with Crippen molar-refractivity contribution in [3.63, 3.8) is 0 Å². The SMILES string of the molecule is Cc1cc(Cl)ccc1OC[C@@H](O)CNC1CCCC1. The fraction of sp³-hybridized carbons (Fsp3) is 0.600. The summed E-state index contributed by atoms with van der Waals surface area (Å²) in [6, 6.07) is 6.08. The Morgan fingerprint density at radius 1 is 1.42 bits per heavy atom. The highest BCUT2D eigenvalue weighted by Gasteiger charge is 2.15. The maximum Gasteiger partial charge on any atom is 0.122 e. The maximum absolute atomic E-state index is 9.90. The van der Waals surface area contributed by atoms with E-state index in [4.69, 9.17) is 16.3 Å². The molecule has 1 atom stereocenters. The van der Waals surface area contributed by atoms with E-state index >= 15 is 0 Å². The number of aliphatic hydroxyl groups excluding tert-OH is 1. The molecule has 1 aromatic rings. The molecule has 0 radical (unpaired) electrons. The van der Waals surface area contributed by atoms with Gasteiger partial charge in [0.05, 0.1) is 0 Å². The number of hydrogen-bond acceptors (Lipinski definition) is 3. The standard InChI is InChI=1S/C15H22ClNO2/c1-11-8-12(16)6-7-15(11)19-10-14(18)9-17-13-4-2-3-5-13/h6-8,13-14,17-18H,2-5,9-10H2,1H3/t14-/m0/s1. The second-order valence-corrected chi connectivity index (χ2v) is 5.70. The van der Waals surface area contributed by atoms with Gasteiger partial charge in [0.25, 0.3) is 0 Å². The number of nitrogens with one attached hydrogen (secondary N) is 1. The summed E-state index contributed by atoms with van der Waals surface area (Å²) in [4.78, 5) is 0. The maximum atomic E-state index is 9.90. The van der Waals surface area contributed by atoms with E-state index < -0.39 is 6.10 Å². The van der Waals surface area contributed by atoms with Crippen LogP contribution in [0.3, 0.4) is 0 Å². The van der Waals surface area contributed by atoms with Crippen molar-refractivity contribution in [2.75, 3.05) is 13.2 Å². The van der Waals surface area contributed by atoms with E-state index in [9.17, 15) is 5.11 Å². The van der Waals surface area contributed by atoms with Crippen LogP contribution < -0.4 is 10.1 Å². The highest BCUT2D eigenvalue weighted by molar-refractivity contribution is 6.30. The first-order chi connectivity index (χ1) is 9.15. The Bertz CT molecular complexity index is 405. The molecular weight excluding hydrogens is 262 g/mol. The first-order valence-electron chi connectivity index (χ1n) is 6.95. The molecule has 0 spiro atoms. The summed E-state index contributed by atoms with van der Waals surface area (Å²) in [6.45, 7) is 2.85. The molecule has 0 amide bonds. The van der Waals surface area contributed by atoms with Gasteiger partial charge >= 0.3 is 0 Å². The van der Waals surface area contributed by atoms with Crippen molar-refractivity contribution in [2.24, 2.45) is 0 Å². The van der Waals surface area contributed by atoms with Crippen LogP contribution in [0.1, 0.15) is 31.2 Å². The van der Waals surface area contributed by atoms with Gasteiger partial charge in [-0.05, 0) is 43.5 Å². The van der Waals surface area contributed by atoms with E-state index in [0.717, 1.165) is 11.3 Å². The number of benzene rings is 1. The molecule has 2 N–H and O–H groups in total. The van der Waals surface area contributed by atoms with Crippen LogP contribution in [-0.4, -0.2) is 30.4 Å². The second-order valence-electron chi connectivity index (χ2n) is 5.26. The van der Waals surface area contributed by atoms with Crippen molar-refractivity contribution in [3.05, 3.63) is 28.8 Å². The average Bonchev–Trinajstić information content (AvgIpc) is 2.88. The number of ether oxygens (including phenoxy) is 1. The zero-order valence-electron chi connectivity index (χ0n) is 11.4. The van der Waals surface area contributed by atoms with E-state index in [2.05, 4.69) is 5.32 Å². The highest BCUT2D eigenvalue weighted by Crippen LogP contribution is 2.22. The molecule has 19 heavy (non-hydrogen) atoms. The molecule has 1 aliphatic carbocycles. The summed E-state index contributed by atoms with van der Waals surface area (Å²) in [6.07, 6.45) is 4.58. The largest absolute Gasteiger partial charge is 0.491 e. The van der Waals surface area contributed by atoms with E-state index in [-0.39, 0.29) is 0 Å². The van der Waals surface area contributed by atoms with Gasteiger partial charge in [0.2, 0.25) is 0 Å². The lowest BCUT2D eigenvalue weighted by molar-refractivity contribution is 0.103. The first kappa shape index (κ1) is 14.6. The smallest absolute Gasteiger partial charge is 0.122 e. The molecule has 1 aromatic carbocycles. The van der Waals surface area contributed by atoms with Gasteiger partial charge in [0, 0.05) is 17.6 Å². The number of aliphatic hydroxyl groups is 1. The van der Waals surface area contributed by atoms with Crippen molar-refractivity contribution in [1.82, 2.24) is 5.32 Å². The Labute approximate surface area is 119 Å². The third kappa shape index (κ3) is 4.68. The third-order valence-corrected chi connectivity index (χ3v) is 3.80. The van der Waals surface area contributed by atoms with Crippen molar-refractivity contribution in [1.29, 1.82) is 0 Å². The molecule has 0 aromatic heterocycles. The lowest BCUT2D eigenvalue weighted by Crippen LogP contribution is -2.36. The summed E-state index contributed by atoms with van der Waals surface area (Å²) >= 11 is 5.89. The predicted molar refractivity (Wildman–Crippen MR) is 77.9 cm³/mol. The quantitative estimate of drug-likeness (QED) is 0.843. The molecule has 3 nitrogen and oxygen atoms in total. The summed E-state index contributed by atoms with van der Waals surface area (Å²) < 4.78 is 5.62. The molecule has 0 unspecified atom stereocenters. The average molecular weight is 284 g/mol. The van der Waals surface area contributed by atoms with Gasteiger partial charge in [-0.2, -0.15) is 0 Å². The number of halogens is 1. The van der Waals surface area contributed by atoms with Crippen molar-refractivity contribution < 1.29 is 9.84 Å². The van der Waals surface area contributed by atoms with Crippen LogP contribution in [0.25, 0.3) is 0 Å². The third-order valence-electron chi connectivity index (χ3n) is 3.57. The molecule has 0 bridgehead atoms. The van der Waals surface area contributed by atoms with Gasteiger partial charge in [0.15, 0.2) is 0 Å². The lowest BCUT2D eigenvalue weighted by atomic mass is 10.2. The molecule has 4 heteroatoms. The summed E-state index contributed by atoms with van der Waals surface area (Å²) in [7, 11) is 0. The fourth-order valence-electron chi connectivity index (χ4n) is 2.45. The zero-order chi connectivity index (χ0) is 13.7.